The Morgan fingerprint density at radius 1 is 0.842 bits per heavy atom. The minimum absolute atomic E-state index is 0. The minimum Gasteiger partial charge on any atom is -0.549 e. The van der Waals surface area contributed by atoms with Crippen molar-refractivity contribution in [2.75, 3.05) is 7.11 Å². The maximum absolute atomic E-state index is 11.3. The zero-order chi connectivity index (χ0) is 25.4. The van der Waals surface area contributed by atoms with Gasteiger partial charge >= 0.3 is 37.5 Å². The van der Waals surface area contributed by atoms with Crippen LogP contribution in [-0.2, 0) is 47.0 Å². The van der Waals surface area contributed by atoms with E-state index in [1.807, 2.05) is 99.2 Å². The number of carbonyl (C=O) groups is 1. The van der Waals surface area contributed by atoms with Gasteiger partial charge in [0.05, 0.1) is 0 Å². The summed E-state index contributed by atoms with van der Waals surface area (Å²) in [6.07, 6.45) is 27.1. The molecule has 1 atom stereocenters. The Hall–Kier alpha value is -0.518. The van der Waals surface area contributed by atoms with Gasteiger partial charge in [0.25, 0.3) is 0 Å². The van der Waals surface area contributed by atoms with Gasteiger partial charge in [0.2, 0.25) is 0 Å². The maximum atomic E-state index is 11.3. The van der Waals surface area contributed by atoms with Crippen molar-refractivity contribution in [3.63, 3.8) is 0 Å². The second-order valence-electron chi connectivity index (χ2n) is 8.22. The van der Waals surface area contributed by atoms with Crippen LogP contribution in [0.1, 0.15) is 25.7 Å². The second-order valence-corrected chi connectivity index (χ2v) is 10.4. The second kappa shape index (κ2) is 21.3. The van der Waals surface area contributed by atoms with Gasteiger partial charge in [-0.05, 0) is 82.7 Å². The van der Waals surface area contributed by atoms with E-state index in [-0.39, 0.29) is 43.4 Å². The molecule has 3 saturated carbocycles. The molecule has 0 amide bonds. The summed E-state index contributed by atoms with van der Waals surface area (Å²) in [6.45, 7) is 0. The third kappa shape index (κ3) is 12.3. The van der Waals surface area contributed by atoms with Gasteiger partial charge in [-0.3, -0.25) is 0 Å². The number of hydrogen-bond acceptors (Lipinski definition) is 3. The summed E-state index contributed by atoms with van der Waals surface area (Å²) in [5.41, 5.74) is 0.836. The fourth-order valence-corrected chi connectivity index (χ4v) is 6.32. The van der Waals surface area contributed by atoms with E-state index in [1.165, 1.54) is 6.42 Å². The molecule has 5 rings (SSSR count). The summed E-state index contributed by atoms with van der Waals surface area (Å²) < 4.78 is 5.24. The molecular weight excluding hydrogens is 626 g/mol. The van der Waals surface area contributed by atoms with Crippen LogP contribution >= 0.6 is 7.92 Å². The number of carbonyl (C=O) groups excluding carboxylic acids is 1. The molecule has 0 heterocycles. The Bertz CT molecular complexity index is 795. The number of aliphatic carboxylic acids is 1. The zero-order valence-corrected chi connectivity index (χ0v) is 24.9. The Kier molecular flexibility index (Phi) is 19.9. The summed E-state index contributed by atoms with van der Waals surface area (Å²) >= 11 is 0. The third-order valence-electron chi connectivity index (χ3n) is 5.69. The van der Waals surface area contributed by atoms with E-state index in [4.69, 9.17) is 4.74 Å². The van der Waals surface area contributed by atoms with Crippen LogP contribution in [0.4, 0.5) is 0 Å². The molecule has 2 aromatic rings. The van der Waals surface area contributed by atoms with Crippen molar-refractivity contribution >= 4 is 24.5 Å². The Balaban J connectivity index is 0.000000354. The largest absolute Gasteiger partial charge is 2.00 e. The van der Waals surface area contributed by atoms with Gasteiger partial charge in [-0.1, -0.05) is 86.0 Å². The van der Waals surface area contributed by atoms with Crippen molar-refractivity contribution in [2.24, 2.45) is 0 Å². The van der Waals surface area contributed by atoms with Crippen LogP contribution in [0.3, 0.4) is 0 Å². The maximum Gasteiger partial charge on any atom is 2.00 e. The molecule has 2 aromatic carbocycles. The van der Waals surface area contributed by atoms with Crippen molar-refractivity contribution in [1.29, 1.82) is 0 Å². The average Bonchev–Trinajstić information content (AvgIpc) is 3.62. The van der Waals surface area contributed by atoms with Crippen molar-refractivity contribution in [2.45, 2.75) is 31.8 Å². The van der Waals surface area contributed by atoms with Gasteiger partial charge in [-0.25, -0.2) is 0 Å². The van der Waals surface area contributed by atoms with Crippen LogP contribution < -0.4 is 15.7 Å². The predicted octanol–water partition coefficient (Wildman–Crippen LogP) is 4.81. The first-order chi connectivity index (χ1) is 17.7. The van der Waals surface area contributed by atoms with Crippen molar-refractivity contribution in [3.8, 4) is 0 Å². The smallest absolute Gasteiger partial charge is 0.549 e. The van der Waals surface area contributed by atoms with Gasteiger partial charge < -0.3 is 21.1 Å². The Morgan fingerprint density at radius 2 is 1.37 bits per heavy atom. The summed E-state index contributed by atoms with van der Waals surface area (Å²) in [5.74, 6) is -0.830. The van der Waals surface area contributed by atoms with E-state index in [2.05, 4.69) is 19.3 Å². The van der Waals surface area contributed by atoms with Gasteiger partial charge in [-0.15, -0.1) is 0 Å². The molecule has 0 N–H and O–H groups in total. The van der Waals surface area contributed by atoms with Crippen molar-refractivity contribution < 1.29 is 52.1 Å². The normalized spacial score (nSPS) is 19.9. The van der Waals surface area contributed by atoms with Crippen LogP contribution in [0.15, 0.2) is 60.7 Å². The van der Waals surface area contributed by atoms with Gasteiger partial charge in [0.15, 0.2) is 0 Å². The molecule has 200 valence electrons. The van der Waals surface area contributed by atoms with Crippen LogP contribution in [0.25, 0.3) is 0 Å². The molecule has 3 nitrogen and oxygen atoms in total. The quantitative estimate of drug-likeness (QED) is 0.264. The fraction of sp³-hybridized carbons (Fsp3) is 0.188. The molecule has 3 aliphatic rings. The number of rotatable bonds is 5. The summed E-state index contributed by atoms with van der Waals surface area (Å²) in [6, 6.07) is 20.0. The molecule has 38 heavy (non-hydrogen) atoms. The van der Waals surface area contributed by atoms with Gasteiger partial charge in [-0.2, -0.15) is 6.42 Å². The molecule has 0 bridgehead atoms. The number of ether oxygens (including phenoxy) is 1. The van der Waals surface area contributed by atoms with Crippen LogP contribution in [0.5, 0.6) is 0 Å². The number of benzene rings is 2. The molecule has 1 unspecified atom stereocenters. The fourth-order valence-electron chi connectivity index (χ4n) is 3.89. The van der Waals surface area contributed by atoms with E-state index in [1.54, 1.807) is 20.0 Å². The summed E-state index contributed by atoms with van der Waals surface area (Å²) in [5, 5.41) is 13.6. The van der Waals surface area contributed by atoms with E-state index in [0.29, 0.717) is 6.10 Å². The summed E-state index contributed by atoms with van der Waals surface area (Å²) in [4.78, 5) is 11.3. The van der Waals surface area contributed by atoms with Crippen molar-refractivity contribution in [3.05, 3.63) is 143 Å². The van der Waals surface area contributed by atoms with Gasteiger partial charge in [0, 0.05) is 24.7 Å². The van der Waals surface area contributed by atoms with E-state index < -0.39 is 13.9 Å². The minimum atomic E-state index is -1.12. The molecule has 3 aliphatic carbocycles. The molecule has 0 aromatic heterocycles. The number of carboxylic acid groups (broad SMARTS) is 1. The molecule has 0 aliphatic heterocycles. The first kappa shape index (κ1) is 35.5. The molecule has 6 heteroatoms. The predicted molar refractivity (Wildman–Crippen MR) is 147 cm³/mol. The monoisotopic (exact) mass is 658 g/mol. The SMILES string of the molecule is COC1[CH-]CC[CH][CH]CC1.O=C([O-])[C]1[CH][CH][CH][C]1P(c1ccccc1)c1ccccc1.[CH]1[CH][CH][CH][CH]1.[Fe+2].[Pd+2]. The standard InChI is InChI=1S/C18H14O2P.C9H15O.C5H5.Fe.Pd/c19-18(20)16-12-7-13-17(16)21(14-8-3-1-4-9-14)15-10-5-2-6-11-15;1-10-9-7-5-3-2-4-6-8-9;1-2-4-5-3-1;;/h1-13H,(H,19,20);2-3,8-9H,4-7H2,1H3;1-5H;;/q;-1;;2*+2/p-1. The van der Waals surface area contributed by atoms with Gasteiger partial charge in [0.1, 0.15) is 0 Å². The van der Waals surface area contributed by atoms with Crippen LogP contribution in [-0.4, -0.2) is 19.2 Å². The molecule has 12 radical (unpaired) electrons. The Morgan fingerprint density at radius 3 is 1.87 bits per heavy atom. The molecule has 3 fully saturated rings. The van der Waals surface area contributed by atoms with Crippen LogP contribution in [0.2, 0.25) is 0 Å². The first-order valence-corrected chi connectivity index (χ1v) is 13.6. The van der Waals surface area contributed by atoms with Crippen molar-refractivity contribution in [1.82, 2.24) is 0 Å². The topological polar surface area (TPSA) is 49.4 Å². The van der Waals surface area contributed by atoms with Crippen LogP contribution in [0, 0.1) is 82.2 Å². The molecule has 0 spiro atoms. The third-order valence-corrected chi connectivity index (χ3v) is 8.19. The summed E-state index contributed by atoms with van der Waals surface area (Å²) in [7, 11) is 0.901. The number of carboxylic acids is 1. The molecular formula is C32H33FeO3PPd+2. The first-order valence-electron chi connectivity index (χ1n) is 12.3. The number of methoxy groups -OCH3 is 1. The van der Waals surface area contributed by atoms with E-state index >= 15 is 0 Å². The van der Waals surface area contributed by atoms with E-state index in [0.717, 1.165) is 35.5 Å². The average molecular weight is 659 g/mol. The zero-order valence-electron chi connectivity index (χ0n) is 21.4. The molecule has 0 saturated heterocycles. The van der Waals surface area contributed by atoms with E-state index in [9.17, 15) is 9.90 Å². The number of hydrogen-bond donors (Lipinski definition) is 0. The Labute approximate surface area is 257 Å².